The Morgan fingerprint density at radius 1 is 1.15 bits per heavy atom. The van der Waals surface area contributed by atoms with E-state index in [2.05, 4.69) is 5.32 Å². The third-order valence-electron chi connectivity index (χ3n) is 3.42. The van der Waals surface area contributed by atoms with Gasteiger partial charge in [-0.25, -0.2) is 0 Å². The second kappa shape index (κ2) is 8.42. The molecule has 26 heavy (non-hydrogen) atoms. The summed E-state index contributed by atoms with van der Waals surface area (Å²) < 4.78 is 49.1. The molecular formula is C19H18F3NO3. The standard InChI is InChI=1S/C19H18F3NO3/c1-3-26-17-10-9-14(19(20,21)22)12-15(17)23-18(24)11-8-13-6-4-5-7-16(13)25-2/h4-12H,3H2,1-2H3,(H,23,24)/b11-8+. The zero-order valence-corrected chi connectivity index (χ0v) is 14.3. The number of nitrogens with one attached hydrogen (secondary N) is 1. The molecule has 0 unspecified atom stereocenters. The topological polar surface area (TPSA) is 47.6 Å². The van der Waals surface area contributed by atoms with Crippen molar-refractivity contribution in [2.75, 3.05) is 19.0 Å². The molecule has 2 aromatic rings. The van der Waals surface area contributed by atoms with E-state index in [0.717, 1.165) is 12.1 Å². The molecule has 7 heteroatoms. The van der Waals surface area contributed by atoms with Crippen LogP contribution in [-0.4, -0.2) is 19.6 Å². The third kappa shape index (κ3) is 5.02. The molecule has 0 heterocycles. The van der Waals surface area contributed by atoms with Crippen LogP contribution in [0.1, 0.15) is 18.1 Å². The van der Waals surface area contributed by atoms with Gasteiger partial charge in [0, 0.05) is 11.6 Å². The Labute approximate surface area is 149 Å². The van der Waals surface area contributed by atoms with Crippen molar-refractivity contribution in [2.24, 2.45) is 0 Å². The normalized spacial score (nSPS) is 11.4. The molecule has 2 aromatic carbocycles. The lowest BCUT2D eigenvalue weighted by atomic mass is 10.1. The van der Waals surface area contributed by atoms with Crippen LogP contribution >= 0.6 is 0 Å². The number of hydrogen-bond acceptors (Lipinski definition) is 3. The van der Waals surface area contributed by atoms with Gasteiger partial charge >= 0.3 is 6.18 Å². The van der Waals surface area contributed by atoms with Crippen LogP contribution in [0.15, 0.2) is 48.5 Å². The highest BCUT2D eigenvalue weighted by molar-refractivity contribution is 6.03. The molecule has 1 N–H and O–H groups in total. The quantitative estimate of drug-likeness (QED) is 0.751. The Hall–Kier alpha value is -2.96. The molecule has 1 amide bonds. The summed E-state index contributed by atoms with van der Waals surface area (Å²) in [6, 6.07) is 9.99. The first-order valence-corrected chi connectivity index (χ1v) is 7.81. The van der Waals surface area contributed by atoms with Gasteiger partial charge in [0.05, 0.1) is 25.0 Å². The molecule has 2 rings (SSSR count). The Morgan fingerprint density at radius 2 is 1.88 bits per heavy atom. The number of anilines is 1. The maximum atomic E-state index is 12.9. The van der Waals surface area contributed by atoms with E-state index in [1.54, 1.807) is 31.2 Å². The van der Waals surface area contributed by atoms with Gasteiger partial charge in [-0.3, -0.25) is 4.79 Å². The SMILES string of the molecule is CCOc1ccc(C(F)(F)F)cc1NC(=O)/C=C/c1ccccc1OC. The predicted molar refractivity (Wildman–Crippen MR) is 93.3 cm³/mol. The molecule has 138 valence electrons. The zero-order chi connectivity index (χ0) is 19.2. The molecular weight excluding hydrogens is 347 g/mol. The van der Waals surface area contributed by atoms with E-state index >= 15 is 0 Å². The van der Waals surface area contributed by atoms with Crippen LogP contribution in [0.25, 0.3) is 6.08 Å². The predicted octanol–water partition coefficient (Wildman–Crippen LogP) is 4.76. The van der Waals surface area contributed by atoms with Crippen LogP contribution in [0.2, 0.25) is 0 Å². The molecule has 0 saturated heterocycles. The van der Waals surface area contributed by atoms with Gasteiger partial charge in [-0.1, -0.05) is 18.2 Å². The number of methoxy groups -OCH3 is 1. The fraction of sp³-hybridized carbons (Fsp3) is 0.211. The number of amides is 1. The molecule has 0 spiro atoms. The molecule has 0 aliphatic heterocycles. The van der Waals surface area contributed by atoms with E-state index in [1.165, 1.54) is 25.3 Å². The smallest absolute Gasteiger partial charge is 0.416 e. The summed E-state index contributed by atoms with van der Waals surface area (Å²) in [4.78, 5) is 12.1. The van der Waals surface area contributed by atoms with Crippen molar-refractivity contribution in [1.82, 2.24) is 0 Å². The van der Waals surface area contributed by atoms with Gasteiger partial charge in [0.1, 0.15) is 11.5 Å². The van der Waals surface area contributed by atoms with E-state index in [9.17, 15) is 18.0 Å². The van der Waals surface area contributed by atoms with Crippen molar-refractivity contribution in [2.45, 2.75) is 13.1 Å². The van der Waals surface area contributed by atoms with E-state index in [-0.39, 0.29) is 18.0 Å². The van der Waals surface area contributed by atoms with Crippen LogP contribution in [0.3, 0.4) is 0 Å². The lowest BCUT2D eigenvalue weighted by molar-refractivity contribution is -0.137. The summed E-state index contributed by atoms with van der Waals surface area (Å²) in [6.45, 7) is 1.95. The highest BCUT2D eigenvalue weighted by Gasteiger charge is 2.31. The van der Waals surface area contributed by atoms with Crippen molar-refractivity contribution >= 4 is 17.7 Å². The Kier molecular flexibility index (Phi) is 6.27. The van der Waals surface area contributed by atoms with Crippen molar-refractivity contribution in [1.29, 1.82) is 0 Å². The van der Waals surface area contributed by atoms with Crippen LogP contribution in [-0.2, 0) is 11.0 Å². The van der Waals surface area contributed by atoms with Crippen LogP contribution in [0.5, 0.6) is 11.5 Å². The number of carbonyl (C=O) groups is 1. The first-order chi connectivity index (χ1) is 12.3. The summed E-state index contributed by atoms with van der Waals surface area (Å²) in [6.07, 6.45) is -1.78. The minimum Gasteiger partial charge on any atom is -0.496 e. The number of benzene rings is 2. The largest absolute Gasteiger partial charge is 0.496 e. The van der Waals surface area contributed by atoms with E-state index in [4.69, 9.17) is 9.47 Å². The number of rotatable bonds is 6. The van der Waals surface area contributed by atoms with Gasteiger partial charge in [0.15, 0.2) is 0 Å². The fourth-order valence-corrected chi connectivity index (χ4v) is 2.23. The van der Waals surface area contributed by atoms with Crippen LogP contribution in [0, 0.1) is 0 Å². The van der Waals surface area contributed by atoms with Crippen LogP contribution < -0.4 is 14.8 Å². The van der Waals surface area contributed by atoms with Crippen molar-refractivity contribution in [3.05, 3.63) is 59.7 Å². The van der Waals surface area contributed by atoms with E-state index in [0.29, 0.717) is 11.3 Å². The van der Waals surface area contributed by atoms with Crippen molar-refractivity contribution in [3.8, 4) is 11.5 Å². The van der Waals surface area contributed by atoms with Gasteiger partial charge in [0.25, 0.3) is 0 Å². The van der Waals surface area contributed by atoms with Gasteiger partial charge in [0.2, 0.25) is 5.91 Å². The molecule has 0 radical (unpaired) electrons. The number of alkyl halides is 3. The average Bonchev–Trinajstić information content (AvgIpc) is 2.61. The van der Waals surface area contributed by atoms with Gasteiger partial charge in [-0.2, -0.15) is 13.2 Å². The zero-order valence-electron chi connectivity index (χ0n) is 14.3. The molecule has 0 aliphatic carbocycles. The molecule has 0 aromatic heterocycles. The number of para-hydroxylation sites is 1. The monoisotopic (exact) mass is 365 g/mol. The maximum absolute atomic E-state index is 12.9. The van der Waals surface area contributed by atoms with Gasteiger partial charge in [-0.05, 0) is 37.3 Å². The Balaban J connectivity index is 2.23. The summed E-state index contributed by atoms with van der Waals surface area (Å²) in [7, 11) is 1.50. The number of ether oxygens (including phenoxy) is 2. The average molecular weight is 365 g/mol. The molecule has 4 nitrogen and oxygen atoms in total. The first kappa shape index (κ1) is 19.4. The Morgan fingerprint density at radius 3 is 2.54 bits per heavy atom. The summed E-state index contributed by atoms with van der Waals surface area (Å²) in [5, 5.41) is 2.42. The third-order valence-corrected chi connectivity index (χ3v) is 3.42. The second-order valence-corrected chi connectivity index (χ2v) is 5.21. The number of carbonyl (C=O) groups excluding carboxylic acids is 1. The van der Waals surface area contributed by atoms with Crippen molar-refractivity contribution in [3.63, 3.8) is 0 Å². The maximum Gasteiger partial charge on any atom is 0.416 e. The molecule has 0 bridgehead atoms. The highest BCUT2D eigenvalue weighted by atomic mass is 19.4. The van der Waals surface area contributed by atoms with Crippen LogP contribution in [0.4, 0.5) is 18.9 Å². The Bertz CT molecular complexity index is 801. The second-order valence-electron chi connectivity index (χ2n) is 5.21. The van der Waals surface area contributed by atoms with E-state index in [1.807, 2.05) is 0 Å². The molecule has 0 atom stereocenters. The van der Waals surface area contributed by atoms with Gasteiger partial charge < -0.3 is 14.8 Å². The summed E-state index contributed by atoms with van der Waals surface area (Å²) >= 11 is 0. The number of halogens is 3. The fourth-order valence-electron chi connectivity index (χ4n) is 2.23. The first-order valence-electron chi connectivity index (χ1n) is 7.81. The number of hydrogen-bond donors (Lipinski definition) is 1. The lowest BCUT2D eigenvalue weighted by Gasteiger charge is -2.14. The van der Waals surface area contributed by atoms with E-state index < -0.39 is 17.6 Å². The molecule has 0 aliphatic rings. The van der Waals surface area contributed by atoms with Gasteiger partial charge in [-0.15, -0.1) is 0 Å². The highest BCUT2D eigenvalue weighted by Crippen LogP contribution is 2.35. The molecule has 0 fully saturated rings. The molecule has 0 saturated carbocycles. The summed E-state index contributed by atoms with van der Waals surface area (Å²) in [5.41, 5.74) is -0.250. The lowest BCUT2D eigenvalue weighted by Crippen LogP contribution is -2.12. The minimum atomic E-state index is -4.52. The van der Waals surface area contributed by atoms with Crippen molar-refractivity contribution < 1.29 is 27.4 Å². The minimum absolute atomic E-state index is 0.0450. The summed E-state index contributed by atoms with van der Waals surface area (Å²) in [5.74, 6) is 0.154.